The summed E-state index contributed by atoms with van der Waals surface area (Å²) in [6.45, 7) is 2.26. The van der Waals surface area contributed by atoms with Crippen LogP contribution in [0.5, 0.6) is 0 Å². The van der Waals surface area contributed by atoms with Crippen LogP contribution in [0.3, 0.4) is 0 Å². The van der Waals surface area contributed by atoms with E-state index >= 15 is 0 Å². The van der Waals surface area contributed by atoms with Crippen molar-refractivity contribution < 1.29 is 20.1 Å². The third-order valence-electron chi connectivity index (χ3n) is 8.38. The van der Waals surface area contributed by atoms with E-state index in [0.717, 1.165) is 44.9 Å². The first-order valence-corrected chi connectivity index (χ1v) is 10.4. The van der Waals surface area contributed by atoms with Gasteiger partial charge in [0.2, 0.25) is 0 Å². The molecule has 4 nitrogen and oxygen atoms in total. The molecule has 0 aromatic heterocycles. The Morgan fingerprint density at radius 1 is 1.12 bits per heavy atom. The van der Waals surface area contributed by atoms with Crippen molar-refractivity contribution in [2.24, 2.45) is 34.5 Å². The van der Waals surface area contributed by atoms with Gasteiger partial charge < -0.3 is 15.3 Å². The lowest BCUT2D eigenvalue weighted by Crippen LogP contribution is -2.59. The molecule has 0 aromatic carbocycles. The van der Waals surface area contributed by atoms with Crippen molar-refractivity contribution in [3.8, 4) is 0 Å². The Kier molecular flexibility index (Phi) is 4.19. The van der Waals surface area contributed by atoms with Gasteiger partial charge in [-0.25, -0.2) is 0 Å². The lowest BCUT2D eigenvalue weighted by Gasteiger charge is -2.61. The van der Waals surface area contributed by atoms with Crippen LogP contribution in [0, 0.1) is 34.5 Å². The van der Waals surface area contributed by atoms with E-state index in [9.17, 15) is 20.1 Å². The van der Waals surface area contributed by atoms with Crippen molar-refractivity contribution in [1.82, 2.24) is 0 Å². The molecule has 4 aliphatic rings. The summed E-state index contributed by atoms with van der Waals surface area (Å²) < 4.78 is 0. The van der Waals surface area contributed by atoms with E-state index in [-0.39, 0.29) is 40.6 Å². The molecule has 0 heterocycles. The SMILES string of the molecule is C[C@]12CC[C@H](O)C[C@@H]1C[C@H](O)C1C3C[C@@H](Br)C(=O)[C@@]3(CO)CCC12. The van der Waals surface area contributed by atoms with Crippen molar-refractivity contribution in [3.05, 3.63) is 0 Å². The second-order valence-electron chi connectivity index (χ2n) is 9.14. The van der Waals surface area contributed by atoms with Gasteiger partial charge in [0.25, 0.3) is 0 Å². The number of aliphatic hydroxyl groups is 3. The van der Waals surface area contributed by atoms with Crippen molar-refractivity contribution in [1.29, 1.82) is 0 Å². The fraction of sp³-hybridized carbons (Fsp3) is 0.947. The Balaban J connectivity index is 1.70. The quantitative estimate of drug-likeness (QED) is 0.590. The molecule has 4 rings (SSSR count). The number of hydrogen-bond donors (Lipinski definition) is 3. The second-order valence-corrected chi connectivity index (χ2v) is 10.3. The zero-order valence-corrected chi connectivity index (χ0v) is 15.9. The minimum Gasteiger partial charge on any atom is -0.395 e. The van der Waals surface area contributed by atoms with Crippen molar-refractivity contribution in [2.45, 2.75) is 68.9 Å². The molecule has 0 spiro atoms. The van der Waals surface area contributed by atoms with E-state index in [1.54, 1.807) is 0 Å². The van der Waals surface area contributed by atoms with Crippen LogP contribution in [0.25, 0.3) is 0 Å². The molecule has 4 fully saturated rings. The topological polar surface area (TPSA) is 77.8 Å². The van der Waals surface area contributed by atoms with Gasteiger partial charge in [0.15, 0.2) is 5.78 Å². The average Bonchev–Trinajstić information content (AvgIpc) is 2.81. The number of carbonyl (C=O) groups excluding carboxylic acids is 1. The van der Waals surface area contributed by atoms with Gasteiger partial charge in [-0.15, -0.1) is 0 Å². The number of aliphatic hydroxyl groups excluding tert-OH is 3. The predicted octanol–water partition coefficient (Wildman–Crippen LogP) is 2.28. The highest BCUT2D eigenvalue weighted by Gasteiger charge is 2.65. The van der Waals surface area contributed by atoms with E-state index in [2.05, 4.69) is 22.9 Å². The summed E-state index contributed by atoms with van der Waals surface area (Å²) in [4.78, 5) is 12.6. The van der Waals surface area contributed by atoms with Crippen molar-refractivity contribution >= 4 is 21.7 Å². The lowest BCUT2D eigenvalue weighted by molar-refractivity contribution is -0.178. The normalized spacial score (nSPS) is 57.2. The maximum atomic E-state index is 12.8. The predicted molar refractivity (Wildman–Crippen MR) is 93.6 cm³/mol. The van der Waals surface area contributed by atoms with Crippen molar-refractivity contribution in [2.75, 3.05) is 6.61 Å². The molecule has 0 aliphatic heterocycles. The minimum absolute atomic E-state index is 0.0812. The Labute approximate surface area is 152 Å². The third-order valence-corrected chi connectivity index (χ3v) is 9.17. The Morgan fingerprint density at radius 3 is 2.58 bits per heavy atom. The number of alkyl halides is 1. The molecule has 4 saturated carbocycles. The van der Waals surface area contributed by atoms with Crippen LogP contribution in [-0.2, 0) is 4.79 Å². The maximum Gasteiger partial charge on any atom is 0.155 e. The highest BCUT2D eigenvalue weighted by atomic mass is 79.9. The van der Waals surface area contributed by atoms with Crippen molar-refractivity contribution in [3.63, 3.8) is 0 Å². The molecule has 3 unspecified atom stereocenters. The molecule has 0 bridgehead atoms. The summed E-state index contributed by atoms with van der Waals surface area (Å²) in [7, 11) is 0. The van der Waals surface area contributed by atoms with Crippen LogP contribution in [0.2, 0.25) is 0 Å². The fourth-order valence-electron chi connectivity index (χ4n) is 7.05. The first kappa shape index (κ1) is 17.4. The summed E-state index contributed by atoms with van der Waals surface area (Å²) in [6.07, 6.45) is 5.13. The standard InChI is InChI=1S/C19H29BrO4/c1-18-4-2-11(22)6-10(18)7-15(23)16-12(18)3-5-19(9-21)13(16)8-14(20)17(19)24/h10-16,21-23H,2-9H2,1H3/t10-,11+,12?,13?,14-,15+,16?,18+,19-/m1/s1. The van der Waals surface area contributed by atoms with Crippen LogP contribution in [-0.4, -0.2) is 44.7 Å². The summed E-state index contributed by atoms with van der Waals surface area (Å²) in [5.41, 5.74) is -0.494. The largest absolute Gasteiger partial charge is 0.395 e. The number of ketones is 1. The molecule has 0 amide bonds. The van der Waals surface area contributed by atoms with E-state index in [4.69, 9.17) is 0 Å². The van der Waals surface area contributed by atoms with E-state index < -0.39 is 11.5 Å². The van der Waals surface area contributed by atoms with Gasteiger partial charge in [0, 0.05) is 0 Å². The zero-order chi connectivity index (χ0) is 17.3. The number of halogens is 1. The van der Waals surface area contributed by atoms with Gasteiger partial charge in [-0.3, -0.25) is 4.79 Å². The number of fused-ring (bicyclic) bond motifs is 5. The van der Waals surface area contributed by atoms with Crippen LogP contribution in [0.15, 0.2) is 0 Å². The molecule has 0 saturated heterocycles. The Morgan fingerprint density at radius 2 is 1.88 bits per heavy atom. The van der Waals surface area contributed by atoms with Gasteiger partial charge in [-0.05, 0) is 74.0 Å². The van der Waals surface area contributed by atoms with E-state index in [1.807, 2.05) is 0 Å². The summed E-state index contributed by atoms with van der Waals surface area (Å²) in [6, 6.07) is 0. The number of carbonyl (C=O) groups is 1. The van der Waals surface area contributed by atoms with Gasteiger partial charge >= 0.3 is 0 Å². The zero-order valence-electron chi connectivity index (χ0n) is 14.3. The first-order chi connectivity index (χ1) is 11.3. The first-order valence-electron chi connectivity index (χ1n) is 9.49. The van der Waals surface area contributed by atoms with Crippen LogP contribution < -0.4 is 0 Å². The number of rotatable bonds is 1. The number of Topliss-reactive ketones (excluding diaryl/α,β-unsaturated/α-hetero) is 1. The second kappa shape index (κ2) is 5.77. The number of hydrogen-bond acceptors (Lipinski definition) is 4. The van der Waals surface area contributed by atoms with E-state index in [0.29, 0.717) is 11.8 Å². The molecule has 0 radical (unpaired) electrons. The molecule has 0 aromatic rings. The van der Waals surface area contributed by atoms with Gasteiger partial charge in [0.1, 0.15) is 0 Å². The molecular formula is C19H29BrO4. The summed E-state index contributed by atoms with van der Waals surface area (Å²) >= 11 is 3.52. The monoisotopic (exact) mass is 400 g/mol. The molecule has 24 heavy (non-hydrogen) atoms. The molecule has 136 valence electrons. The average molecular weight is 401 g/mol. The third kappa shape index (κ3) is 2.17. The fourth-order valence-corrected chi connectivity index (χ4v) is 7.91. The summed E-state index contributed by atoms with van der Waals surface area (Å²) in [5.74, 6) is 1.10. The smallest absolute Gasteiger partial charge is 0.155 e. The highest BCUT2D eigenvalue weighted by Crippen LogP contribution is 2.65. The van der Waals surface area contributed by atoms with Gasteiger partial charge in [-0.2, -0.15) is 0 Å². The van der Waals surface area contributed by atoms with Gasteiger partial charge in [-0.1, -0.05) is 22.9 Å². The maximum absolute atomic E-state index is 12.8. The van der Waals surface area contributed by atoms with E-state index in [1.165, 1.54) is 0 Å². The van der Waals surface area contributed by atoms with Gasteiger partial charge in [0.05, 0.1) is 29.1 Å². The molecule has 3 N–H and O–H groups in total. The molecule has 9 atom stereocenters. The van der Waals surface area contributed by atoms with Crippen LogP contribution >= 0.6 is 15.9 Å². The Bertz CT molecular complexity index is 539. The molecular weight excluding hydrogens is 372 g/mol. The highest BCUT2D eigenvalue weighted by molar-refractivity contribution is 9.10. The summed E-state index contributed by atoms with van der Waals surface area (Å²) in [5, 5.41) is 31.2. The van der Waals surface area contributed by atoms with Crippen LogP contribution in [0.4, 0.5) is 0 Å². The minimum atomic E-state index is -0.645. The molecule has 5 heteroatoms. The Hall–Kier alpha value is 0.0300. The molecule has 4 aliphatic carbocycles. The van der Waals surface area contributed by atoms with Crippen LogP contribution in [0.1, 0.15) is 51.9 Å². The lowest BCUT2D eigenvalue weighted by atomic mass is 9.44.